The summed E-state index contributed by atoms with van der Waals surface area (Å²) in [5.74, 6) is 0. The largest absolute Gasteiger partial charge is 0.367 e. The number of rotatable bonds is 4. The molecule has 1 saturated heterocycles. The number of anilines is 1. The van der Waals surface area contributed by atoms with Crippen molar-refractivity contribution >= 4 is 5.69 Å². The Morgan fingerprint density at radius 1 is 1.42 bits per heavy atom. The molecular formula is C15H24FN3. The van der Waals surface area contributed by atoms with Gasteiger partial charge in [-0.05, 0) is 45.5 Å². The van der Waals surface area contributed by atoms with Gasteiger partial charge in [-0.3, -0.25) is 4.98 Å². The molecule has 0 radical (unpaired) electrons. The number of nitrogens with zero attached hydrogens (tertiary/aromatic N) is 3. The van der Waals surface area contributed by atoms with Gasteiger partial charge in [-0.1, -0.05) is 6.92 Å². The van der Waals surface area contributed by atoms with Crippen LogP contribution in [0.15, 0.2) is 18.3 Å². The molecule has 0 amide bonds. The molecule has 1 aromatic heterocycles. The second kappa shape index (κ2) is 5.87. The first-order chi connectivity index (χ1) is 9.02. The molecule has 1 aliphatic rings. The third-order valence-corrected chi connectivity index (χ3v) is 3.66. The lowest BCUT2D eigenvalue weighted by Crippen LogP contribution is -2.50. The summed E-state index contributed by atoms with van der Waals surface area (Å²) in [6.07, 6.45) is 4.37. The Kier molecular flexibility index (Phi) is 4.40. The molecule has 0 aromatic carbocycles. The molecular weight excluding hydrogens is 241 g/mol. The minimum atomic E-state index is -1.11. The van der Waals surface area contributed by atoms with E-state index in [9.17, 15) is 4.39 Å². The van der Waals surface area contributed by atoms with Gasteiger partial charge in [0, 0.05) is 18.8 Å². The van der Waals surface area contributed by atoms with Gasteiger partial charge < -0.3 is 9.80 Å². The molecule has 0 saturated carbocycles. The quantitative estimate of drug-likeness (QED) is 0.834. The zero-order valence-corrected chi connectivity index (χ0v) is 12.2. The minimum absolute atomic E-state index is 0.471. The van der Waals surface area contributed by atoms with Gasteiger partial charge in [-0.25, -0.2) is 4.39 Å². The Bertz CT molecular complexity index is 404. The molecule has 0 N–H and O–H groups in total. The minimum Gasteiger partial charge on any atom is -0.367 e. The number of alkyl halides is 1. The summed E-state index contributed by atoms with van der Waals surface area (Å²) in [6.45, 7) is 3.97. The van der Waals surface area contributed by atoms with Gasteiger partial charge in [0.2, 0.25) is 0 Å². The van der Waals surface area contributed by atoms with Crippen LogP contribution in [0.3, 0.4) is 0 Å². The van der Waals surface area contributed by atoms with E-state index in [-0.39, 0.29) is 0 Å². The van der Waals surface area contributed by atoms with Gasteiger partial charge in [-0.2, -0.15) is 0 Å². The van der Waals surface area contributed by atoms with Crippen LogP contribution >= 0.6 is 0 Å². The van der Waals surface area contributed by atoms with Crippen LogP contribution in [0.4, 0.5) is 10.1 Å². The number of hydrogen-bond donors (Lipinski definition) is 0. The molecule has 1 fully saturated rings. The van der Waals surface area contributed by atoms with Crippen molar-refractivity contribution < 1.29 is 4.39 Å². The highest BCUT2D eigenvalue weighted by Gasteiger charge is 2.36. The normalized spacial score (nSPS) is 23.9. The van der Waals surface area contributed by atoms with E-state index in [1.807, 2.05) is 31.3 Å². The van der Waals surface area contributed by atoms with E-state index in [4.69, 9.17) is 0 Å². The second-order valence-electron chi connectivity index (χ2n) is 5.78. The topological polar surface area (TPSA) is 19.4 Å². The lowest BCUT2D eigenvalue weighted by molar-refractivity contribution is 0.0977. The molecule has 106 valence electrons. The highest BCUT2D eigenvalue weighted by molar-refractivity contribution is 5.45. The van der Waals surface area contributed by atoms with Crippen molar-refractivity contribution in [2.45, 2.75) is 31.9 Å². The van der Waals surface area contributed by atoms with Gasteiger partial charge in [0.15, 0.2) is 0 Å². The van der Waals surface area contributed by atoms with Crippen LogP contribution in [0, 0.1) is 0 Å². The van der Waals surface area contributed by atoms with Gasteiger partial charge in [-0.15, -0.1) is 0 Å². The van der Waals surface area contributed by atoms with Crippen molar-refractivity contribution in [3.05, 3.63) is 24.0 Å². The maximum Gasteiger partial charge on any atom is 0.141 e. The summed E-state index contributed by atoms with van der Waals surface area (Å²) < 4.78 is 14.8. The number of aromatic nitrogens is 1. The molecule has 0 unspecified atom stereocenters. The molecule has 1 aliphatic heterocycles. The predicted octanol–water partition coefficient (Wildman–Crippen LogP) is 2.51. The average Bonchev–Trinajstić information content (AvgIpc) is 2.37. The van der Waals surface area contributed by atoms with Crippen molar-refractivity contribution in [1.82, 2.24) is 9.88 Å². The van der Waals surface area contributed by atoms with Gasteiger partial charge in [0.1, 0.15) is 5.67 Å². The lowest BCUT2D eigenvalue weighted by Gasteiger charge is -2.39. The molecule has 19 heavy (non-hydrogen) atoms. The van der Waals surface area contributed by atoms with Crippen molar-refractivity contribution in [3.8, 4) is 0 Å². The first-order valence-corrected chi connectivity index (χ1v) is 7.06. The van der Waals surface area contributed by atoms with Crippen LogP contribution in [0.2, 0.25) is 0 Å². The van der Waals surface area contributed by atoms with E-state index in [2.05, 4.69) is 22.9 Å². The fourth-order valence-electron chi connectivity index (χ4n) is 2.82. The zero-order valence-electron chi connectivity index (χ0n) is 12.2. The average molecular weight is 265 g/mol. The van der Waals surface area contributed by atoms with Gasteiger partial charge in [0.25, 0.3) is 0 Å². The highest BCUT2D eigenvalue weighted by Crippen LogP contribution is 2.29. The third kappa shape index (κ3) is 3.66. The molecule has 0 spiro atoms. The summed E-state index contributed by atoms with van der Waals surface area (Å²) in [4.78, 5) is 8.46. The van der Waals surface area contributed by atoms with Crippen LogP contribution in [0.5, 0.6) is 0 Å². The Morgan fingerprint density at radius 3 is 2.79 bits per heavy atom. The maximum absolute atomic E-state index is 14.8. The van der Waals surface area contributed by atoms with E-state index in [1.54, 1.807) is 0 Å². The van der Waals surface area contributed by atoms with Crippen LogP contribution in [0.1, 0.15) is 25.5 Å². The van der Waals surface area contributed by atoms with E-state index in [0.29, 0.717) is 19.5 Å². The Balaban J connectivity index is 2.07. The van der Waals surface area contributed by atoms with E-state index in [0.717, 1.165) is 30.8 Å². The summed E-state index contributed by atoms with van der Waals surface area (Å²) in [5, 5.41) is 0. The molecule has 1 aromatic rings. The van der Waals surface area contributed by atoms with E-state index < -0.39 is 5.67 Å². The monoisotopic (exact) mass is 265 g/mol. The van der Waals surface area contributed by atoms with Crippen LogP contribution in [-0.4, -0.2) is 49.3 Å². The number of aryl methyl sites for hydroxylation is 1. The molecule has 2 rings (SSSR count). The van der Waals surface area contributed by atoms with Crippen molar-refractivity contribution in [1.29, 1.82) is 0 Å². The van der Waals surface area contributed by atoms with Gasteiger partial charge in [0.05, 0.1) is 18.4 Å². The van der Waals surface area contributed by atoms with E-state index >= 15 is 0 Å². The third-order valence-electron chi connectivity index (χ3n) is 3.66. The number of hydrogen-bond acceptors (Lipinski definition) is 3. The predicted molar refractivity (Wildman–Crippen MR) is 77.5 cm³/mol. The fraction of sp³-hybridized carbons (Fsp3) is 0.667. The molecule has 3 nitrogen and oxygen atoms in total. The number of halogens is 1. The summed E-state index contributed by atoms with van der Waals surface area (Å²) in [7, 11) is 3.86. The smallest absolute Gasteiger partial charge is 0.141 e. The Morgan fingerprint density at radius 2 is 2.21 bits per heavy atom. The molecule has 1 atom stereocenters. The lowest BCUT2D eigenvalue weighted by atomic mass is 9.94. The zero-order chi connectivity index (χ0) is 13.9. The number of piperidine rings is 1. The van der Waals surface area contributed by atoms with Crippen LogP contribution in [-0.2, 0) is 6.42 Å². The molecule has 0 bridgehead atoms. The van der Waals surface area contributed by atoms with E-state index in [1.165, 1.54) is 0 Å². The molecule has 2 heterocycles. The molecule has 0 aliphatic carbocycles. The van der Waals surface area contributed by atoms with Crippen molar-refractivity contribution in [2.24, 2.45) is 0 Å². The van der Waals surface area contributed by atoms with Crippen LogP contribution in [0.25, 0.3) is 0 Å². The standard InChI is InChI=1S/C15H24FN3/c1-4-13-6-7-14(10-17-13)19-9-5-8-15(16,12-19)11-18(2)3/h6-7,10H,4-5,8-9,11-12H2,1-3H3/t15-/m0/s1. The summed E-state index contributed by atoms with van der Waals surface area (Å²) >= 11 is 0. The number of pyridine rings is 1. The Hall–Kier alpha value is -1.16. The second-order valence-corrected chi connectivity index (χ2v) is 5.78. The fourth-order valence-corrected chi connectivity index (χ4v) is 2.82. The highest BCUT2D eigenvalue weighted by atomic mass is 19.1. The van der Waals surface area contributed by atoms with Gasteiger partial charge >= 0.3 is 0 Å². The van der Waals surface area contributed by atoms with Crippen molar-refractivity contribution in [3.63, 3.8) is 0 Å². The first kappa shape index (κ1) is 14.3. The maximum atomic E-state index is 14.8. The van der Waals surface area contributed by atoms with Crippen LogP contribution < -0.4 is 4.90 Å². The SMILES string of the molecule is CCc1ccc(N2CCC[C@](F)(CN(C)C)C2)cn1. The summed E-state index contributed by atoms with van der Waals surface area (Å²) in [6, 6.07) is 4.10. The first-order valence-electron chi connectivity index (χ1n) is 7.06. The van der Waals surface area contributed by atoms with Crippen molar-refractivity contribution in [2.75, 3.05) is 38.6 Å². The Labute approximate surface area is 115 Å². The summed E-state index contributed by atoms with van der Waals surface area (Å²) in [5.41, 5.74) is 1.02. The molecule has 4 heteroatoms.